The van der Waals surface area contributed by atoms with Crippen LogP contribution in [-0.4, -0.2) is 6.67 Å². The molecule has 0 spiro atoms. The molecule has 0 heterocycles. The van der Waals surface area contributed by atoms with Crippen LogP contribution in [0.2, 0.25) is 0 Å². The zero-order valence-electron chi connectivity index (χ0n) is 6.55. The molecule has 1 aromatic carbocycles. The molecule has 1 aromatic rings. The zero-order valence-corrected chi connectivity index (χ0v) is 6.55. The summed E-state index contributed by atoms with van der Waals surface area (Å²) in [5.41, 5.74) is 7.47. The van der Waals surface area contributed by atoms with Crippen LogP contribution in [0, 0.1) is 6.92 Å². The second-order valence-corrected chi connectivity index (χ2v) is 2.67. The van der Waals surface area contributed by atoms with Gasteiger partial charge in [-0.05, 0) is 12.5 Å². The molecule has 11 heavy (non-hydrogen) atoms. The Bertz CT molecular complexity index is 235. The molecule has 60 valence electrons. The van der Waals surface area contributed by atoms with Crippen LogP contribution in [0.3, 0.4) is 0 Å². The Morgan fingerprint density at radius 2 is 2.27 bits per heavy atom. The standard InChI is InChI=1S/C9H12FN/c1-7-3-2-4-8(5-7)9(11)6-10/h2-5,9H,6,11H2,1H3/t9-/m0/s1. The summed E-state index contributed by atoms with van der Waals surface area (Å²) in [4.78, 5) is 0. The van der Waals surface area contributed by atoms with Crippen molar-refractivity contribution < 1.29 is 4.39 Å². The number of aryl methyl sites for hydroxylation is 1. The van der Waals surface area contributed by atoms with Crippen molar-refractivity contribution in [3.63, 3.8) is 0 Å². The molecule has 0 aromatic heterocycles. The van der Waals surface area contributed by atoms with Crippen molar-refractivity contribution in [2.45, 2.75) is 13.0 Å². The van der Waals surface area contributed by atoms with Crippen molar-refractivity contribution in [3.05, 3.63) is 35.4 Å². The Morgan fingerprint density at radius 3 is 2.82 bits per heavy atom. The van der Waals surface area contributed by atoms with Crippen LogP contribution in [0.1, 0.15) is 17.2 Å². The van der Waals surface area contributed by atoms with E-state index >= 15 is 0 Å². The molecule has 2 N–H and O–H groups in total. The minimum Gasteiger partial charge on any atom is -0.322 e. The molecule has 2 heteroatoms. The Balaban J connectivity index is 2.86. The van der Waals surface area contributed by atoms with Gasteiger partial charge in [0.25, 0.3) is 0 Å². The molecule has 0 radical (unpaired) electrons. The maximum Gasteiger partial charge on any atom is 0.109 e. The van der Waals surface area contributed by atoms with E-state index in [1.54, 1.807) is 0 Å². The van der Waals surface area contributed by atoms with E-state index in [4.69, 9.17) is 5.73 Å². The third-order valence-corrected chi connectivity index (χ3v) is 1.64. The highest BCUT2D eigenvalue weighted by Crippen LogP contribution is 2.11. The molecule has 1 atom stereocenters. The summed E-state index contributed by atoms with van der Waals surface area (Å²) in [6.07, 6.45) is 0. The van der Waals surface area contributed by atoms with Crippen LogP contribution in [0.5, 0.6) is 0 Å². The first-order chi connectivity index (χ1) is 5.24. The molecule has 0 aliphatic heterocycles. The van der Waals surface area contributed by atoms with E-state index in [1.165, 1.54) is 0 Å². The Labute approximate surface area is 66.0 Å². The van der Waals surface area contributed by atoms with Gasteiger partial charge in [0.05, 0.1) is 6.04 Å². The quantitative estimate of drug-likeness (QED) is 0.690. The molecule has 0 saturated heterocycles. The normalized spacial score (nSPS) is 13.0. The highest BCUT2D eigenvalue weighted by atomic mass is 19.1. The monoisotopic (exact) mass is 153 g/mol. The van der Waals surface area contributed by atoms with Crippen molar-refractivity contribution in [2.75, 3.05) is 6.67 Å². The first kappa shape index (κ1) is 8.21. The van der Waals surface area contributed by atoms with Gasteiger partial charge in [-0.15, -0.1) is 0 Å². The van der Waals surface area contributed by atoms with Crippen LogP contribution >= 0.6 is 0 Å². The van der Waals surface area contributed by atoms with Crippen LogP contribution in [0.15, 0.2) is 24.3 Å². The zero-order chi connectivity index (χ0) is 8.27. The van der Waals surface area contributed by atoms with Gasteiger partial charge in [0.1, 0.15) is 6.67 Å². The number of hydrogen-bond donors (Lipinski definition) is 1. The van der Waals surface area contributed by atoms with Crippen molar-refractivity contribution in [1.29, 1.82) is 0 Å². The average Bonchev–Trinajstić information content (AvgIpc) is 2.03. The van der Waals surface area contributed by atoms with Gasteiger partial charge < -0.3 is 5.73 Å². The topological polar surface area (TPSA) is 26.0 Å². The lowest BCUT2D eigenvalue weighted by molar-refractivity contribution is 0.437. The minimum absolute atomic E-state index is 0.463. The van der Waals surface area contributed by atoms with Gasteiger partial charge in [0.2, 0.25) is 0 Å². The highest BCUT2D eigenvalue weighted by Gasteiger charge is 2.03. The molecular weight excluding hydrogens is 141 g/mol. The SMILES string of the molecule is Cc1cccc([C@@H](N)CF)c1. The summed E-state index contributed by atoms with van der Waals surface area (Å²) in [5, 5.41) is 0. The average molecular weight is 153 g/mol. The van der Waals surface area contributed by atoms with Crippen LogP contribution < -0.4 is 5.73 Å². The lowest BCUT2D eigenvalue weighted by Gasteiger charge is -2.06. The van der Waals surface area contributed by atoms with E-state index in [0.29, 0.717) is 0 Å². The number of nitrogens with two attached hydrogens (primary N) is 1. The van der Waals surface area contributed by atoms with Gasteiger partial charge in [-0.25, -0.2) is 4.39 Å². The summed E-state index contributed by atoms with van der Waals surface area (Å²) in [6.45, 7) is 1.47. The summed E-state index contributed by atoms with van der Waals surface area (Å²) in [7, 11) is 0. The molecule has 0 fully saturated rings. The van der Waals surface area contributed by atoms with E-state index in [2.05, 4.69) is 0 Å². The molecule has 1 nitrogen and oxygen atoms in total. The van der Waals surface area contributed by atoms with Gasteiger partial charge >= 0.3 is 0 Å². The Hall–Kier alpha value is -0.890. The third-order valence-electron chi connectivity index (χ3n) is 1.64. The number of alkyl halides is 1. The molecule has 0 amide bonds. The molecule has 0 aliphatic rings. The number of rotatable bonds is 2. The lowest BCUT2D eigenvalue weighted by Crippen LogP contribution is -2.11. The van der Waals surface area contributed by atoms with Crippen LogP contribution in [0.4, 0.5) is 4.39 Å². The molecular formula is C9H12FN. The summed E-state index contributed by atoms with van der Waals surface area (Å²) in [6, 6.07) is 7.14. The summed E-state index contributed by atoms with van der Waals surface area (Å²) in [5.74, 6) is 0. The molecule has 0 bridgehead atoms. The van der Waals surface area contributed by atoms with Crippen molar-refractivity contribution in [2.24, 2.45) is 5.73 Å². The minimum atomic E-state index is -0.497. The fourth-order valence-corrected chi connectivity index (χ4v) is 0.990. The largest absolute Gasteiger partial charge is 0.322 e. The van der Waals surface area contributed by atoms with Gasteiger partial charge in [0, 0.05) is 0 Å². The lowest BCUT2D eigenvalue weighted by atomic mass is 10.1. The number of halogens is 1. The second-order valence-electron chi connectivity index (χ2n) is 2.67. The molecule has 0 saturated carbocycles. The van der Waals surface area contributed by atoms with Gasteiger partial charge in [-0.2, -0.15) is 0 Å². The third kappa shape index (κ3) is 2.02. The summed E-state index contributed by atoms with van der Waals surface area (Å²) < 4.78 is 12.1. The number of hydrogen-bond acceptors (Lipinski definition) is 1. The van der Waals surface area contributed by atoms with E-state index in [-0.39, 0.29) is 0 Å². The predicted molar refractivity (Wildman–Crippen MR) is 44.1 cm³/mol. The first-order valence-electron chi connectivity index (χ1n) is 3.62. The molecule has 0 unspecified atom stereocenters. The van der Waals surface area contributed by atoms with Crippen molar-refractivity contribution in [1.82, 2.24) is 0 Å². The van der Waals surface area contributed by atoms with E-state index in [1.807, 2.05) is 31.2 Å². The maximum atomic E-state index is 12.1. The molecule has 0 aliphatic carbocycles. The second kappa shape index (κ2) is 3.49. The Morgan fingerprint density at radius 1 is 1.55 bits per heavy atom. The fourth-order valence-electron chi connectivity index (χ4n) is 0.990. The van der Waals surface area contributed by atoms with Gasteiger partial charge in [0.15, 0.2) is 0 Å². The van der Waals surface area contributed by atoms with E-state index < -0.39 is 12.7 Å². The first-order valence-corrected chi connectivity index (χ1v) is 3.62. The van der Waals surface area contributed by atoms with Crippen molar-refractivity contribution in [3.8, 4) is 0 Å². The van der Waals surface area contributed by atoms with Gasteiger partial charge in [-0.1, -0.05) is 29.8 Å². The van der Waals surface area contributed by atoms with Crippen molar-refractivity contribution >= 4 is 0 Å². The summed E-state index contributed by atoms with van der Waals surface area (Å²) >= 11 is 0. The molecule has 1 rings (SSSR count). The maximum absolute atomic E-state index is 12.1. The fraction of sp³-hybridized carbons (Fsp3) is 0.333. The van der Waals surface area contributed by atoms with Crippen LogP contribution in [0.25, 0.3) is 0 Å². The predicted octanol–water partition coefficient (Wildman–Crippen LogP) is 1.96. The Kier molecular flexibility index (Phi) is 2.60. The van der Waals surface area contributed by atoms with Gasteiger partial charge in [-0.3, -0.25) is 0 Å². The van der Waals surface area contributed by atoms with E-state index in [9.17, 15) is 4.39 Å². The van der Waals surface area contributed by atoms with E-state index in [0.717, 1.165) is 11.1 Å². The highest BCUT2D eigenvalue weighted by molar-refractivity contribution is 5.24. The smallest absolute Gasteiger partial charge is 0.109 e. The number of benzene rings is 1. The van der Waals surface area contributed by atoms with Crippen LogP contribution in [-0.2, 0) is 0 Å².